The van der Waals surface area contributed by atoms with Crippen molar-refractivity contribution >= 4 is 11.9 Å². The molecule has 25 heavy (non-hydrogen) atoms. The second-order valence-electron chi connectivity index (χ2n) is 5.11. The standard InChI is InChI=1S/C18H17N3O4/c1-24-17-14(4-3-9-20-17)10-15(18(23)25-2)21-16(22)13-7-5-12(11-19)6-8-13/h3-9,15H,10H2,1-2H3,(H,21,22)/t15-/m0/s1. The summed E-state index contributed by atoms with van der Waals surface area (Å²) in [5.74, 6) is -0.639. The summed E-state index contributed by atoms with van der Waals surface area (Å²) in [5.41, 5.74) is 1.45. The number of nitrogens with one attached hydrogen (secondary N) is 1. The number of pyridine rings is 1. The Hall–Kier alpha value is -3.40. The first kappa shape index (κ1) is 17.9. The zero-order chi connectivity index (χ0) is 18.2. The molecule has 1 aromatic heterocycles. The Bertz CT molecular complexity index is 797. The van der Waals surface area contributed by atoms with Gasteiger partial charge >= 0.3 is 5.97 Å². The fraction of sp³-hybridized carbons (Fsp3) is 0.222. The number of carbonyl (C=O) groups is 2. The fourth-order valence-corrected chi connectivity index (χ4v) is 2.26. The highest BCUT2D eigenvalue weighted by Gasteiger charge is 2.24. The number of benzene rings is 1. The smallest absolute Gasteiger partial charge is 0.328 e. The summed E-state index contributed by atoms with van der Waals surface area (Å²) in [4.78, 5) is 28.5. The highest BCUT2D eigenvalue weighted by molar-refractivity contribution is 5.96. The van der Waals surface area contributed by atoms with E-state index >= 15 is 0 Å². The van der Waals surface area contributed by atoms with E-state index in [0.29, 0.717) is 22.6 Å². The Balaban J connectivity index is 2.18. The van der Waals surface area contributed by atoms with Crippen LogP contribution in [-0.2, 0) is 16.0 Å². The molecular formula is C18H17N3O4. The van der Waals surface area contributed by atoms with Crippen LogP contribution in [0.2, 0.25) is 0 Å². The fourth-order valence-electron chi connectivity index (χ4n) is 2.26. The minimum Gasteiger partial charge on any atom is -0.481 e. The van der Waals surface area contributed by atoms with Gasteiger partial charge in [0, 0.05) is 23.7 Å². The number of carbonyl (C=O) groups excluding carboxylic acids is 2. The Labute approximate surface area is 145 Å². The summed E-state index contributed by atoms with van der Waals surface area (Å²) in [6.07, 6.45) is 1.75. The molecular weight excluding hydrogens is 322 g/mol. The van der Waals surface area contributed by atoms with Crippen molar-refractivity contribution in [1.82, 2.24) is 10.3 Å². The summed E-state index contributed by atoms with van der Waals surface area (Å²) < 4.78 is 9.94. The third-order valence-electron chi connectivity index (χ3n) is 3.53. The van der Waals surface area contributed by atoms with Crippen LogP contribution in [0.5, 0.6) is 5.88 Å². The molecule has 0 saturated carbocycles. The summed E-state index contributed by atoms with van der Waals surface area (Å²) in [6.45, 7) is 0. The first-order valence-electron chi connectivity index (χ1n) is 7.45. The third-order valence-corrected chi connectivity index (χ3v) is 3.53. The number of esters is 1. The Morgan fingerprint density at radius 3 is 2.56 bits per heavy atom. The van der Waals surface area contributed by atoms with Crippen molar-refractivity contribution in [3.63, 3.8) is 0 Å². The molecule has 7 nitrogen and oxygen atoms in total. The molecule has 0 unspecified atom stereocenters. The van der Waals surface area contributed by atoms with E-state index in [1.807, 2.05) is 6.07 Å². The van der Waals surface area contributed by atoms with Crippen LogP contribution in [0.3, 0.4) is 0 Å². The van der Waals surface area contributed by atoms with Gasteiger partial charge in [-0.25, -0.2) is 9.78 Å². The van der Waals surface area contributed by atoms with Crippen molar-refractivity contribution in [3.05, 3.63) is 59.3 Å². The van der Waals surface area contributed by atoms with Crippen LogP contribution in [0, 0.1) is 11.3 Å². The number of ether oxygens (including phenoxy) is 2. The zero-order valence-corrected chi connectivity index (χ0v) is 13.9. The van der Waals surface area contributed by atoms with E-state index in [0.717, 1.165) is 0 Å². The number of nitrogens with zero attached hydrogens (tertiary/aromatic N) is 2. The van der Waals surface area contributed by atoms with Gasteiger partial charge < -0.3 is 14.8 Å². The number of hydrogen-bond acceptors (Lipinski definition) is 6. The molecule has 0 aliphatic rings. The van der Waals surface area contributed by atoms with Gasteiger partial charge in [-0.3, -0.25) is 4.79 Å². The van der Waals surface area contributed by atoms with E-state index in [-0.39, 0.29) is 6.42 Å². The van der Waals surface area contributed by atoms with Crippen LogP contribution in [0.1, 0.15) is 21.5 Å². The lowest BCUT2D eigenvalue weighted by Crippen LogP contribution is -2.43. The minimum absolute atomic E-state index is 0.172. The molecule has 1 heterocycles. The van der Waals surface area contributed by atoms with Crippen LogP contribution >= 0.6 is 0 Å². The van der Waals surface area contributed by atoms with Gasteiger partial charge in [0.25, 0.3) is 5.91 Å². The van der Waals surface area contributed by atoms with Gasteiger partial charge in [-0.2, -0.15) is 5.26 Å². The number of amides is 1. The average molecular weight is 339 g/mol. The lowest BCUT2D eigenvalue weighted by molar-refractivity contribution is -0.142. The Kier molecular flexibility index (Phi) is 6.07. The molecule has 1 aromatic carbocycles. The predicted molar refractivity (Wildman–Crippen MR) is 88.9 cm³/mol. The maximum Gasteiger partial charge on any atom is 0.328 e. The van der Waals surface area contributed by atoms with E-state index in [1.54, 1.807) is 18.3 Å². The maximum atomic E-state index is 12.4. The summed E-state index contributed by atoms with van der Waals surface area (Å²) >= 11 is 0. The van der Waals surface area contributed by atoms with Gasteiger partial charge in [0.1, 0.15) is 6.04 Å². The molecule has 0 aliphatic carbocycles. The van der Waals surface area contributed by atoms with Crippen LogP contribution in [-0.4, -0.2) is 37.1 Å². The van der Waals surface area contributed by atoms with Crippen molar-refractivity contribution in [2.45, 2.75) is 12.5 Å². The predicted octanol–water partition coefficient (Wildman–Crippen LogP) is 1.48. The topological polar surface area (TPSA) is 101 Å². The molecule has 1 N–H and O–H groups in total. The maximum absolute atomic E-state index is 12.4. The van der Waals surface area contributed by atoms with Gasteiger partial charge in [0.2, 0.25) is 5.88 Å². The summed E-state index contributed by atoms with van der Waals surface area (Å²) in [7, 11) is 2.73. The highest BCUT2D eigenvalue weighted by Crippen LogP contribution is 2.16. The average Bonchev–Trinajstić information content (AvgIpc) is 2.67. The number of rotatable bonds is 6. The molecule has 7 heteroatoms. The Morgan fingerprint density at radius 2 is 1.96 bits per heavy atom. The van der Waals surface area contributed by atoms with Crippen LogP contribution in [0.25, 0.3) is 0 Å². The lowest BCUT2D eigenvalue weighted by Gasteiger charge is -2.17. The highest BCUT2D eigenvalue weighted by atomic mass is 16.5. The summed E-state index contributed by atoms with van der Waals surface area (Å²) in [5, 5.41) is 11.4. The van der Waals surface area contributed by atoms with Crippen LogP contribution in [0.15, 0.2) is 42.6 Å². The molecule has 0 saturated heterocycles. The quantitative estimate of drug-likeness (QED) is 0.800. The van der Waals surface area contributed by atoms with Crippen LogP contribution < -0.4 is 10.1 Å². The van der Waals surface area contributed by atoms with Crippen molar-refractivity contribution in [3.8, 4) is 11.9 Å². The first-order valence-corrected chi connectivity index (χ1v) is 7.45. The van der Waals surface area contributed by atoms with Crippen molar-refractivity contribution < 1.29 is 19.1 Å². The largest absolute Gasteiger partial charge is 0.481 e. The minimum atomic E-state index is -0.897. The van der Waals surface area contributed by atoms with E-state index in [1.165, 1.54) is 38.5 Å². The van der Waals surface area contributed by atoms with E-state index < -0.39 is 17.9 Å². The molecule has 2 rings (SSSR count). The van der Waals surface area contributed by atoms with Crippen molar-refractivity contribution in [1.29, 1.82) is 5.26 Å². The lowest BCUT2D eigenvalue weighted by atomic mass is 10.1. The van der Waals surface area contributed by atoms with Gasteiger partial charge in [-0.05, 0) is 30.3 Å². The van der Waals surface area contributed by atoms with Gasteiger partial charge in [0.05, 0.1) is 25.9 Å². The van der Waals surface area contributed by atoms with Gasteiger partial charge in [0.15, 0.2) is 0 Å². The number of methoxy groups -OCH3 is 2. The van der Waals surface area contributed by atoms with Gasteiger partial charge in [-0.1, -0.05) is 6.07 Å². The SMILES string of the molecule is COC(=O)[C@H](Cc1cccnc1OC)NC(=O)c1ccc(C#N)cc1. The van der Waals surface area contributed by atoms with Crippen molar-refractivity contribution in [2.24, 2.45) is 0 Å². The number of nitriles is 1. The molecule has 0 spiro atoms. The summed E-state index contributed by atoms with van der Waals surface area (Å²) in [6, 6.07) is 10.7. The molecule has 0 aliphatic heterocycles. The molecule has 2 aromatic rings. The van der Waals surface area contributed by atoms with E-state index in [4.69, 9.17) is 14.7 Å². The second-order valence-corrected chi connectivity index (χ2v) is 5.11. The monoisotopic (exact) mass is 339 g/mol. The third kappa shape index (κ3) is 4.54. The normalized spacial score (nSPS) is 11.1. The second kappa shape index (κ2) is 8.45. The molecule has 1 amide bonds. The number of hydrogen-bond donors (Lipinski definition) is 1. The molecule has 1 atom stereocenters. The molecule has 0 radical (unpaired) electrons. The Morgan fingerprint density at radius 1 is 1.24 bits per heavy atom. The molecule has 128 valence electrons. The molecule has 0 fully saturated rings. The van der Waals surface area contributed by atoms with Crippen molar-refractivity contribution in [2.75, 3.05) is 14.2 Å². The number of aromatic nitrogens is 1. The van der Waals surface area contributed by atoms with E-state index in [2.05, 4.69) is 10.3 Å². The van der Waals surface area contributed by atoms with Crippen LogP contribution in [0.4, 0.5) is 0 Å². The van der Waals surface area contributed by atoms with E-state index in [9.17, 15) is 9.59 Å². The first-order chi connectivity index (χ1) is 12.1. The molecule has 0 bridgehead atoms. The zero-order valence-electron chi connectivity index (χ0n) is 13.9. The van der Waals surface area contributed by atoms with Gasteiger partial charge in [-0.15, -0.1) is 0 Å².